The third-order valence-electron chi connectivity index (χ3n) is 4.75. The molecule has 1 aromatic carbocycles. The van der Waals surface area contributed by atoms with Crippen molar-refractivity contribution in [2.24, 2.45) is 0 Å². The Hall–Kier alpha value is -3.15. The first kappa shape index (κ1) is 15.4. The van der Waals surface area contributed by atoms with Crippen LogP contribution in [0.1, 0.15) is 28.9 Å². The molecular formula is C19H16N2O4. The molecule has 0 amide bonds. The summed E-state index contributed by atoms with van der Waals surface area (Å²) in [6, 6.07) is 10.2. The fourth-order valence-corrected chi connectivity index (χ4v) is 3.57. The van der Waals surface area contributed by atoms with Crippen LogP contribution >= 0.6 is 0 Å². The van der Waals surface area contributed by atoms with Gasteiger partial charge in [-0.15, -0.1) is 0 Å². The molecule has 0 spiro atoms. The minimum Gasteiger partial charge on any atom is -0.467 e. The van der Waals surface area contributed by atoms with Crippen molar-refractivity contribution in [3.05, 3.63) is 57.9 Å². The standard InChI is InChI=1S/C19H16N2O4/c1-10(22)11-7-8-15-17-13(12-5-3-4-6-14(12)20-17)9-16(19(24)25-2)21(15)18(11)23/h3-8,16,20H,9H2,1-2H3. The molecule has 0 bridgehead atoms. The van der Waals surface area contributed by atoms with Gasteiger partial charge in [0.2, 0.25) is 0 Å². The molecule has 0 aliphatic carbocycles. The van der Waals surface area contributed by atoms with Crippen molar-refractivity contribution in [3.8, 4) is 11.4 Å². The Morgan fingerprint density at radius 1 is 1.20 bits per heavy atom. The molecule has 1 aliphatic rings. The number of carbonyl (C=O) groups excluding carboxylic acids is 2. The van der Waals surface area contributed by atoms with Crippen LogP contribution in [0.3, 0.4) is 0 Å². The summed E-state index contributed by atoms with van der Waals surface area (Å²) in [6.07, 6.45) is 0.334. The molecule has 25 heavy (non-hydrogen) atoms. The number of carbonyl (C=O) groups is 2. The number of nitrogens with one attached hydrogen (secondary N) is 1. The molecule has 0 radical (unpaired) electrons. The third-order valence-corrected chi connectivity index (χ3v) is 4.75. The number of ether oxygens (including phenoxy) is 1. The van der Waals surface area contributed by atoms with Gasteiger partial charge < -0.3 is 9.72 Å². The Kier molecular flexibility index (Phi) is 3.35. The Morgan fingerprint density at radius 2 is 1.96 bits per heavy atom. The second-order valence-corrected chi connectivity index (χ2v) is 6.13. The quantitative estimate of drug-likeness (QED) is 0.576. The number of aromatic amines is 1. The molecule has 2 aromatic heterocycles. The van der Waals surface area contributed by atoms with Crippen molar-refractivity contribution in [3.63, 3.8) is 0 Å². The number of hydrogen-bond donors (Lipinski definition) is 1. The maximum Gasteiger partial charge on any atom is 0.329 e. The van der Waals surface area contributed by atoms with E-state index in [0.717, 1.165) is 22.2 Å². The fraction of sp³-hybridized carbons (Fsp3) is 0.211. The van der Waals surface area contributed by atoms with Crippen molar-refractivity contribution in [2.45, 2.75) is 19.4 Å². The van der Waals surface area contributed by atoms with Gasteiger partial charge in [-0.25, -0.2) is 4.79 Å². The summed E-state index contributed by atoms with van der Waals surface area (Å²) in [5.74, 6) is -0.827. The summed E-state index contributed by atoms with van der Waals surface area (Å²) in [4.78, 5) is 40.3. The van der Waals surface area contributed by atoms with Crippen molar-refractivity contribution in [1.29, 1.82) is 0 Å². The second kappa shape index (κ2) is 5.44. The highest BCUT2D eigenvalue weighted by atomic mass is 16.5. The van der Waals surface area contributed by atoms with Crippen LogP contribution in [0.4, 0.5) is 0 Å². The number of aromatic nitrogens is 2. The molecule has 1 N–H and O–H groups in total. The van der Waals surface area contributed by atoms with Crippen LogP contribution in [-0.4, -0.2) is 28.4 Å². The molecule has 126 valence electrons. The van der Waals surface area contributed by atoms with E-state index in [2.05, 4.69) is 4.98 Å². The van der Waals surface area contributed by atoms with Crippen molar-refractivity contribution in [1.82, 2.24) is 9.55 Å². The number of fused-ring (bicyclic) bond motifs is 5. The highest BCUT2D eigenvalue weighted by Crippen LogP contribution is 2.38. The zero-order valence-electron chi connectivity index (χ0n) is 13.8. The van der Waals surface area contributed by atoms with Crippen molar-refractivity contribution < 1.29 is 14.3 Å². The molecule has 1 aliphatic heterocycles. The first-order valence-electron chi connectivity index (χ1n) is 7.97. The summed E-state index contributed by atoms with van der Waals surface area (Å²) in [7, 11) is 1.30. The van der Waals surface area contributed by atoms with Crippen LogP contribution < -0.4 is 5.56 Å². The normalized spacial score (nSPS) is 15.5. The van der Waals surface area contributed by atoms with E-state index in [0.29, 0.717) is 12.1 Å². The topological polar surface area (TPSA) is 81.2 Å². The number of esters is 1. The maximum absolute atomic E-state index is 12.8. The molecule has 0 fully saturated rings. The van der Waals surface area contributed by atoms with E-state index >= 15 is 0 Å². The van der Waals surface area contributed by atoms with E-state index in [1.807, 2.05) is 24.3 Å². The van der Waals surface area contributed by atoms with E-state index in [4.69, 9.17) is 4.74 Å². The van der Waals surface area contributed by atoms with Crippen LogP contribution in [0, 0.1) is 0 Å². The molecule has 3 heterocycles. The number of H-pyrrole nitrogens is 1. The summed E-state index contributed by atoms with van der Waals surface area (Å²) in [6.45, 7) is 1.34. The maximum atomic E-state index is 12.8. The lowest BCUT2D eigenvalue weighted by molar-refractivity contribution is -0.144. The van der Waals surface area contributed by atoms with Gasteiger partial charge in [-0.05, 0) is 30.7 Å². The molecule has 1 atom stereocenters. The molecule has 6 nitrogen and oxygen atoms in total. The average Bonchev–Trinajstić information content (AvgIpc) is 2.99. The lowest BCUT2D eigenvalue weighted by Crippen LogP contribution is -2.37. The van der Waals surface area contributed by atoms with Crippen LogP contribution in [-0.2, 0) is 16.0 Å². The van der Waals surface area contributed by atoms with Gasteiger partial charge in [0, 0.05) is 17.3 Å². The SMILES string of the molecule is COC(=O)C1Cc2c([nH]c3ccccc23)-c2ccc(C(C)=O)c(=O)n21. The van der Waals surface area contributed by atoms with Gasteiger partial charge in [0.25, 0.3) is 5.56 Å². The van der Waals surface area contributed by atoms with Crippen LogP contribution in [0.2, 0.25) is 0 Å². The van der Waals surface area contributed by atoms with Crippen LogP contribution in [0.15, 0.2) is 41.2 Å². The molecule has 0 saturated carbocycles. The third kappa shape index (κ3) is 2.14. The monoisotopic (exact) mass is 336 g/mol. The van der Waals surface area contributed by atoms with Crippen molar-refractivity contribution in [2.75, 3.05) is 7.11 Å². The molecule has 3 aromatic rings. The minimum atomic E-state index is -0.793. The molecular weight excluding hydrogens is 320 g/mol. The van der Waals surface area contributed by atoms with Crippen LogP contribution in [0.5, 0.6) is 0 Å². The van der Waals surface area contributed by atoms with E-state index in [1.54, 1.807) is 6.07 Å². The van der Waals surface area contributed by atoms with E-state index < -0.39 is 17.6 Å². The molecule has 0 saturated heterocycles. The number of rotatable bonds is 2. The predicted octanol–water partition coefficient (Wildman–Crippen LogP) is 2.47. The lowest BCUT2D eigenvalue weighted by Gasteiger charge is -2.26. The van der Waals surface area contributed by atoms with Gasteiger partial charge in [-0.1, -0.05) is 18.2 Å². The average molecular weight is 336 g/mol. The van der Waals surface area contributed by atoms with Gasteiger partial charge in [-0.2, -0.15) is 0 Å². The van der Waals surface area contributed by atoms with Gasteiger partial charge in [0.15, 0.2) is 5.78 Å². The number of para-hydroxylation sites is 1. The fourth-order valence-electron chi connectivity index (χ4n) is 3.57. The van der Waals surface area contributed by atoms with Gasteiger partial charge in [0.05, 0.1) is 24.1 Å². The van der Waals surface area contributed by atoms with Gasteiger partial charge in [0.1, 0.15) is 6.04 Å². The first-order chi connectivity index (χ1) is 12.0. The summed E-state index contributed by atoms with van der Waals surface area (Å²) >= 11 is 0. The summed E-state index contributed by atoms with van der Waals surface area (Å²) in [5, 5.41) is 1.01. The van der Waals surface area contributed by atoms with Gasteiger partial charge >= 0.3 is 5.97 Å². The number of Topliss-reactive ketones (excluding diaryl/α,β-unsaturated/α-hetero) is 1. The van der Waals surface area contributed by atoms with E-state index in [9.17, 15) is 14.4 Å². The number of nitrogens with zero attached hydrogens (tertiary/aromatic N) is 1. The lowest BCUT2D eigenvalue weighted by atomic mass is 9.95. The van der Waals surface area contributed by atoms with Gasteiger partial charge in [-0.3, -0.25) is 14.2 Å². The first-order valence-corrected chi connectivity index (χ1v) is 7.97. The number of ketones is 1. The Labute approximate surface area is 143 Å². The smallest absolute Gasteiger partial charge is 0.329 e. The zero-order valence-corrected chi connectivity index (χ0v) is 13.8. The Balaban J connectivity index is 2.07. The molecule has 4 rings (SSSR count). The number of benzene rings is 1. The summed E-state index contributed by atoms with van der Waals surface area (Å²) in [5.41, 5.74) is 2.90. The number of pyridine rings is 1. The Morgan fingerprint density at radius 3 is 2.68 bits per heavy atom. The minimum absolute atomic E-state index is 0.0669. The van der Waals surface area contributed by atoms with Crippen LogP contribution in [0.25, 0.3) is 22.3 Å². The zero-order chi connectivity index (χ0) is 17.7. The highest BCUT2D eigenvalue weighted by Gasteiger charge is 2.34. The number of hydrogen-bond acceptors (Lipinski definition) is 4. The van der Waals surface area contributed by atoms with E-state index in [1.165, 1.54) is 24.7 Å². The second-order valence-electron chi connectivity index (χ2n) is 6.13. The Bertz CT molecular complexity index is 1090. The molecule has 1 unspecified atom stereocenters. The molecule has 6 heteroatoms. The van der Waals surface area contributed by atoms with Crippen molar-refractivity contribution >= 4 is 22.7 Å². The van der Waals surface area contributed by atoms with E-state index in [-0.39, 0.29) is 11.3 Å². The largest absolute Gasteiger partial charge is 0.467 e. The predicted molar refractivity (Wildman–Crippen MR) is 92.8 cm³/mol. The summed E-state index contributed by atoms with van der Waals surface area (Å²) < 4.78 is 6.29. The highest BCUT2D eigenvalue weighted by molar-refractivity contribution is 5.95. The number of methoxy groups -OCH3 is 1.